The minimum atomic E-state index is -0.683. The van der Waals surface area contributed by atoms with Gasteiger partial charge in [0.15, 0.2) is 5.82 Å². The SMILES string of the molecule is O=C(O)C1(Cn2nnnc2C2CCCC2)CCCCCC1. The topological polar surface area (TPSA) is 80.9 Å². The highest BCUT2D eigenvalue weighted by Crippen LogP contribution is 2.38. The van der Waals surface area contributed by atoms with Gasteiger partial charge in [0.1, 0.15) is 0 Å². The summed E-state index contributed by atoms with van der Waals surface area (Å²) in [4.78, 5) is 11.9. The lowest BCUT2D eigenvalue weighted by atomic mass is 9.80. The number of hydrogen-bond acceptors (Lipinski definition) is 4. The summed E-state index contributed by atoms with van der Waals surface area (Å²) >= 11 is 0. The van der Waals surface area contributed by atoms with Crippen molar-refractivity contribution in [2.45, 2.75) is 76.7 Å². The van der Waals surface area contributed by atoms with Gasteiger partial charge in [-0.15, -0.1) is 5.10 Å². The number of carboxylic acids is 1. The lowest BCUT2D eigenvalue weighted by Crippen LogP contribution is -2.36. The van der Waals surface area contributed by atoms with Crippen LogP contribution in [-0.2, 0) is 11.3 Å². The first-order valence-corrected chi connectivity index (χ1v) is 8.21. The Bertz CT molecular complexity index is 486. The summed E-state index contributed by atoms with van der Waals surface area (Å²) in [6, 6.07) is 0. The molecular formula is C15H24N4O2. The van der Waals surface area contributed by atoms with Gasteiger partial charge in [0, 0.05) is 5.92 Å². The van der Waals surface area contributed by atoms with E-state index in [0.29, 0.717) is 12.5 Å². The van der Waals surface area contributed by atoms with Crippen LogP contribution in [0.3, 0.4) is 0 Å². The second-order valence-corrected chi connectivity index (χ2v) is 6.68. The largest absolute Gasteiger partial charge is 0.481 e. The zero-order valence-corrected chi connectivity index (χ0v) is 12.5. The van der Waals surface area contributed by atoms with Gasteiger partial charge in [-0.3, -0.25) is 4.79 Å². The van der Waals surface area contributed by atoms with Crippen LogP contribution in [0.4, 0.5) is 0 Å². The van der Waals surface area contributed by atoms with Gasteiger partial charge in [-0.2, -0.15) is 0 Å². The Kier molecular flexibility index (Phi) is 4.22. The van der Waals surface area contributed by atoms with Crippen LogP contribution < -0.4 is 0 Å². The molecule has 2 saturated carbocycles. The van der Waals surface area contributed by atoms with Crippen molar-refractivity contribution in [1.82, 2.24) is 20.2 Å². The molecule has 2 fully saturated rings. The van der Waals surface area contributed by atoms with Crippen LogP contribution in [0.15, 0.2) is 0 Å². The van der Waals surface area contributed by atoms with Gasteiger partial charge in [-0.05, 0) is 36.1 Å². The number of aromatic nitrogens is 4. The molecule has 0 aliphatic heterocycles. The molecule has 1 N–H and O–H groups in total. The summed E-state index contributed by atoms with van der Waals surface area (Å²) in [5.41, 5.74) is -0.681. The first kappa shape index (κ1) is 14.5. The summed E-state index contributed by atoms with van der Waals surface area (Å²) in [6.45, 7) is 0.432. The van der Waals surface area contributed by atoms with Crippen molar-refractivity contribution >= 4 is 5.97 Å². The summed E-state index contributed by atoms with van der Waals surface area (Å²) in [6.07, 6.45) is 10.4. The summed E-state index contributed by atoms with van der Waals surface area (Å²) in [7, 11) is 0. The Hall–Kier alpha value is -1.46. The lowest BCUT2D eigenvalue weighted by Gasteiger charge is -2.28. The third kappa shape index (κ3) is 2.94. The molecule has 1 aromatic heterocycles. The number of aliphatic carboxylic acids is 1. The van der Waals surface area contributed by atoms with E-state index < -0.39 is 11.4 Å². The van der Waals surface area contributed by atoms with Crippen LogP contribution in [0.2, 0.25) is 0 Å². The predicted octanol–water partition coefficient (Wildman–Crippen LogP) is 2.76. The van der Waals surface area contributed by atoms with E-state index in [4.69, 9.17) is 0 Å². The average molecular weight is 292 g/mol. The molecule has 0 atom stereocenters. The smallest absolute Gasteiger partial charge is 0.311 e. The van der Waals surface area contributed by atoms with Gasteiger partial charge in [0.2, 0.25) is 0 Å². The second kappa shape index (κ2) is 6.12. The first-order chi connectivity index (χ1) is 10.2. The van der Waals surface area contributed by atoms with Crippen molar-refractivity contribution in [1.29, 1.82) is 0 Å². The fraction of sp³-hybridized carbons (Fsp3) is 0.867. The second-order valence-electron chi connectivity index (χ2n) is 6.68. The number of carboxylic acid groups (broad SMARTS) is 1. The quantitative estimate of drug-likeness (QED) is 0.863. The normalized spacial score (nSPS) is 23.0. The maximum Gasteiger partial charge on any atom is 0.311 e. The van der Waals surface area contributed by atoms with E-state index in [0.717, 1.165) is 57.2 Å². The molecule has 21 heavy (non-hydrogen) atoms. The highest BCUT2D eigenvalue weighted by atomic mass is 16.4. The van der Waals surface area contributed by atoms with Crippen LogP contribution in [0.1, 0.15) is 76.0 Å². The van der Waals surface area contributed by atoms with E-state index in [9.17, 15) is 9.90 Å². The summed E-state index contributed by atoms with van der Waals surface area (Å²) in [5, 5.41) is 21.9. The van der Waals surface area contributed by atoms with E-state index in [1.165, 1.54) is 12.8 Å². The Morgan fingerprint density at radius 3 is 2.43 bits per heavy atom. The molecule has 0 unspecified atom stereocenters. The van der Waals surface area contributed by atoms with Crippen molar-refractivity contribution in [3.63, 3.8) is 0 Å². The van der Waals surface area contributed by atoms with Crippen LogP contribution in [0.5, 0.6) is 0 Å². The van der Waals surface area contributed by atoms with Gasteiger partial charge < -0.3 is 5.11 Å². The summed E-state index contributed by atoms with van der Waals surface area (Å²) in [5.74, 6) is 0.631. The molecule has 0 aromatic carbocycles. The molecule has 0 spiro atoms. The standard InChI is InChI=1S/C15H24N4O2/c20-14(21)15(9-5-1-2-6-10-15)11-19-13(16-17-18-19)12-7-3-4-8-12/h12H,1-11H2,(H,20,21). The third-order valence-corrected chi connectivity index (χ3v) is 5.25. The van der Waals surface area contributed by atoms with Crippen LogP contribution in [0, 0.1) is 5.41 Å². The number of hydrogen-bond donors (Lipinski definition) is 1. The van der Waals surface area contributed by atoms with E-state index in [1.807, 2.05) is 0 Å². The van der Waals surface area contributed by atoms with Gasteiger partial charge in [0.05, 0.1) is 12.0 Å². The van der Waals surface area contributed by atoms with Crippen LogP contribution in [-0.4, -0.2) is 31.3 Å². The minimum absolute atomic E-state index is 0.414. The molecule has 0 radical (unpaired) electrons. The van der Waals surface area contributed by atoms with E-state index in [1.54, 1.807) is 4.68 Å². The molecule has 3 rings (SSSR count). The molecule has 6 heteroatoms. The predicted molar refractivity (Wildman–Crippen MR) is 76.8 cm³/mol. The average Bonchev–Trinajstić information content (AvgIpc) is 3.07. The Morgan fingerprint density at radius 2 is 1.81 bits per heavy atom. The maximum atomic E-state index is 11.9. The molecule has 2 aliphatic carbocycles. The van der Waals surface area contributed by atoms with E-state index in [-0.39, 0.29) is 0 Å². The molecule has 2 aliphatic rings. The minimum Gasteiger partial charge on any atom is -0.481 e. The highest BCUT2D eigenvalue weighted by molar-refractivity contribution is 5.74. The zero-order valence-electron chi connectivity index (χ0n) is 12.5. The first-order valence-electron chi connectivity index (χ1n) is 8.21. The Balaban J connectivity index is 1.82. The van der Waals surface area contributed by atoms with Crippen molar-refractivity contribution in [3.05, 3.63) is 5.82 Å². The number of tetrazole rings is 1. The van der Waals surface area contributed by atoms with Gasteiger partial charge in [0.25, 0.3) is 0 Å². The molecule has 116 valence electrons. The van der Waals surface area contributed by atoms with E-state index in [2.05, 4.69) is 15.5 Å². The Morgan fingerprint density at radius 1 is 1.14 bits per heavy atom. The van der Waals surface area contributed by atoms with Crippen molar-refractivity contribution in [2.75, 3.05) is 0 Å². The van der Waals surface area contributed by atoms with Crippen LogP contribution >= 0.6 is 0 Å². The van der Waals surface area contributed by atoms with E-state index >= 15 is 0 Å². The maximum absolute atomic E-state index is 11.9. The highest BCUT2D eigenvalue weighted by Gasteiger charge is 2.40. The molecule has 0 bridgehead atoms. The summed E-state index contributed by atoms with van der Waals surface area (Å²) < 4.78 is 1.79. The molecule has 1 aromatic rings. The fourth-order valence-corrected chi connectivity index (χ4v) is 3.93. The van der Waals surface area contributed by atoms with Gasteiger partial charge in [-0.1, -0.05) is 38.5 Å². The Labute approximate surface area is 124 Å². The molecule has 6 nitrogen and oxygen atoms in total. The van der Waals surface area contributed by atoms with Gasteiger partial charge in [-0.25, -0.2) is 4.68 Å². The van der Waals surface area contributed by atoms with Crippen molar-refractivity contribution < 1.29 is 9.90 Å². The van der Waals surface area contributed by atoms with Crippen LogP contribution in [0.25, 0.3) is 0 Å². The monoisotopic (exact) mass is 292 g/mol. The van der Waals surface area contributed by atoms with Gasteiger partial charge >= 0.3 is 5.97 Å². The van der Waals surface area contributed by atoms with Crippen molar-refractivity contribution in [2.24, 2.45) is 5.41 Å². The molecule has 0 saturated heterocycles. The third-order valence-electron chi connectivity index (χ3n) is 5.25. The van der Waals surface area contributed by atoms with Crippen molar-refractivity contribution in [3.8, 4) is 0 Å². The molecular weight excluding hydrogens is 268 g/mol. The fourth-order valence-electron chi connectivity index (χ4n) is 3.93. The number of rotatable bonds is 4. The number of carbonyl (C=O) groups is 1. The number of nitrogens with zero attached hydrogens (tertiary/aromatic N) is 4. The lowest BCUT2D eigenvalue weighted by molar-refractivity contribution is -0.151. The molecule has 0 amide bonds. The molecule has 1 heterocycles. The zero-order chi connectivity index (χ0) is 14.7.